The molecule has 7 nitrogen and oxygen atoms in total. The van der Waals surface area contributed by atoms with Crippen LogP contribution in [0.15, 0.2) is 59.8 Å². The van der Waals surface area contributed by atoms with Crippen molar-refractivity contribution in [3.63, 3.8) is 0 Å². The average Bonchev–Trinajstić information content (AvgIpc) is 3.22. The van der Waals surface area contributed by atoms with E-state index in [-0.39, 0.29) is 5.56 Å². The molecule has 2 heterocycles. The van der Waals surface area contributed by atoms with Crippen molar-refractivity contribution < 1.29 is 13.2 Å². The molecule has 0 amide bonds. The molecule has 0 aliphatic carbocycles. The van der Waals surface area contributed by atoms with Crippen LogP contribution in [-0.4, -0.2) is 29.4 Å². The normalized spacial score (nSPS) is 12.4. The van der Waals surface area contributed by atoms with E-state index in [1.165, 1.54) is 0 Å². The maximum absolute atomic E-state index is 12.9. The molecule has 4 rings (SSSR count). The number of rotatable bonds is 6. The molecule has 1 atom stereocenters. The van der Waals surface area contributed by atoms with E-state index in [1.54, 1.807) is 47.7 Å². The van der Waals surface area contributed by atoms with Crippen LogP contribution in [0.3, 0.4) is 0 Å². The monoisotopic (exact) mass is 451 g/mol. The number of hydrogen-bond acceptors (Lipinski definition) is 5. The Morgan fingerprint density at radius 1 is 1.00 bits per heavy atom. The molecule has 0 aliphatic heterocycles. The second-order valence-electron chi connectivity index (χ2n) is 7.77. The van der Waals surface area contributed by atoms with Crippen molar-refractivity contribution in [1.29, 1.82) is 0 Å². The summed E-state index contributed by atoms with van der Waals surface area (Å²) in [7, 11) is 0.944. The highest BCUT2D eigenvalue weighted by atomic mass is 32.2. The quantitative estimate of drug-likeness (QED) is 0.452. The van der Waals surface area contributed by atoms with E-state index in [9.17, 15) is 13.2 Å². The molecule has 8 heteroatoms. The third-order valence-corrected chi connectivity index (χ3v) is 6.54. The largest absolute Gasteiger partial charge is 0.493 e. The number of benzene rings is 2. The first-order chi connectivity index (χ1) is 15.3. The number of fused-ring (bicyclic) bond motifs is 1. The van der Waals surface area contributed by atoms with Crippen LogP contribution < -0.4 is 10.3 Å². The minimum atomic E-state index is -2.62. The van der Waals surface area contributed by atoms with Gasteiger partial charge in [0.1, 0.15) is 16.5 Å². The van der Waals surface area contributed by atoms with Crippen molar-refractivity contribution in [1.82, 2.24) is 14.3 Å². The lowest BCUT2D eigenvalue weighted by Gasteiger charge is -2.17. The Morgan fingerprint density at radius 3 is 2.44 bits per heavy atom. The van der Waals surface area contributed by atoms with Gasteiger partial charge in [0.2, 0.25) is 0 Å². The van der Waals surface area contributed by atoms with E-state index in [0.29, 0.717) is 23.3 Å². The van der Waals surface area contributed by atoms with Gasteiger partial charge in [0.25, 0.3) is 5.56 Å². The first-order valence-corrected chi connectivity index (χ1v) is 11.6. The SMILES string of the molecule is CCOc1ccc(C(C)[SH](=O)=O)cc1-c1cn(C)c(=O)c2ccc(-c3cnn(C)c3)cc12. The first-order valence-electron chi connectivity index (χ1n) is 10.3. The van der Waals surface area contributed by atoms with Crippen molar-refractivity contribution in [3.8, 4) is 28.0 Å². The van der Waals surface area contributed by atoms with Crippen LogP contribution in [-0.2, 0) is 24.8 Å². The molecule has 32 heavy (non-hydrogen) atoms. The number of aryl methyl sites for hydroxylation is 2. The fourth-order valence-corrected chi connectivity index (χ4v) is 4.25. The molecule has 0 spiro atoms. The standard InChI is InChI=1S/C24H25N3O4S/c1-5-31-23-9-7-16(15(2)32(29)30)10-21(23)22-14-26(3)24(28)19-8-6-17(11-20(19)22)18-12-25-27(4)13-18/h6-15,32H,5H2,1-4H3. The van der Waals surface area contributed by atoms with Gasteiger partial charge >= 0.3 is 0 Å². The predicted octanol–water partition coefficient (Wildman–Crippen LogP) is 3.68. The predicted molar refractivity (Wildman–Crippen MR) is 127 cm³/mol. The van der Waals surface area contributed by atoms with Crippen molar-refractivity contribution in [2.45, 2.75) is 19.1 Å². The Hall–Kier alpha value is -3.39. The maximum atomic E-state index is 12.9. The van der Waals surface area contributed by atoms with Crippen LogP contribution in [0.2, 0.25) is 0 Å². The topological polar surface area (TPSA) is 83.2 Å². The zero-order chi connectivity index (χ0) is 23.0. The second-order valence-corrected chi connectivity index (χ2v) is 9.12. The highest BCUT2D eigenvalue weighted by molar-refractivity contribution is 7.72. The molecule has 1 unspecified atom stereocenters. The molecule has 0 N–H and O–H groups in total. The molecule has 0 saturated carbocycles. The van der Waals surface area contributed by atoms with E-state index in [2.05, 4.69) is 5.10 Å². The molecule has 0 fully saturated rings. The van der Waals surface area contributed by atoms with Crippen LogP contribution in [0.1, 0.15) is 24.7 Å². The van der Waals surface area contributed by atoms with Crippen molar-refractivity contribution in [2.75, 3.05) is 6.61 Å². The van der Waals surface area contributed by atoms with Gasteiger partial charge in [0, 0.05) is 48.6 Å². The molecule has 0 saturated heterocycles. The molecule has 2 aromatic heterocycles. The van der Waals surface area contributed by atoms with Gasteiger partial charge in [-0.1, -0.05) is 12.1 Å². The van der Waals surface area contributed by atoms with E-state index in [1.807, 2.05) is 44.4 Å². The molecular weight excluding hydrogens is 426 g/mol. The summed E-state index contributed by atoms with van der Waals surface area (Å²) in [5.74, 6) is 0.635. The number of thiol groups is 1. The number of pyridine rings is 1. The lowest BCUT2D eigenvalue weighted by Crippen LogP contribution is -2.16. The van der Waals surface area contributed by atoms with Crippen LogP contribution in [0.4, 0.5) is 0 Å². The molecule has 0 bridgehead atoms. The van der Waals surface area contributed by atoms with Crippen molar-refractivity contribution >= 4 is 21.5 Å². The molecule has 0 aliphatic rings. The fourth-order valence-electron chi connectivity index (χ4n) is 3.85. The van der Waals surface area contributed by atoms with E-state index >= 15 is 0 Å². The van der Waals surface area contributed by atoms with Gasteiger partial charge < -0.3 is 9.30 Å². The van der Waals surface area contributed by atoms with Crippen molar-refractivity contribution in [3.05, 3.63) is 70.9 Å². The van der Waals surface area contributed by atoms with Crippen LogP contribution in [0, 0.1) is 0 Å². The van der Waals surface area contributed by atoms with E-state index < -0.39 is 16.0 Å². The Bertz CT molecular complexity index is 1440. The lowest BCUT2D eigenvalue weighted by atomic mass is 9.95. The van der Waals surface area contributed by atoms with Gasteiger partial charge in [-0.15, -0.1) is 0 Å². The minimum Gasteiger partial charge on any atom is -0.493 e. The Kier molecular flexibility index (Phi) is 5.88. The van der Waals surface area contributed by atoms with Gasteiger partial charge in [-0.3, -0.25) is 9.48 Å². The van der Waals surface area contributed by atoms with E-state index in [4.69, 9.17) is 4.74 Å². The number of nitrogens with zero attached hydrogens (tertiary/aromatic N) is 3. The van der Waals surface area contributed by atoms with Crippen LogP contribution in [0.25, 0.3) is 33.0 Å². The summed E-state index contributed by atoms with van der Waals surface area (Å²) in [6.45, 7) is 4.01. The minimum absolute atomic E-state index is 0.105. The number of hydrogen-bond donors (Lipinski definition) is 1. The van der Waals surface area contributed by atoms with Crippen molar-refractivity contribution in [2.24, 2.45) is 14.1 Å². The molecule has 4 aromatic rings. The van der Waals surface area contributed by atoms with E-state index in [0.717, 1.165) is 27.6 Å². The van der Waals surface area contributed by atoms with Gasteiger partial charge in [-0.05, 0) is 54.6 Å². The average molecular weight is 452 g/mol. The fraction of sp³-hybridized carbons (Fsp3) is 0.250. The van der Waals surface area contributed by atoms with Crippen LogP contribution >= 0.6 is 0 Å². The Balaban J connectivity index is 2.03. The zero-order valence-electron chi connectivity index (χ0n) is 18.4. The highest BCUT2D eigenvalue weighted by Crippen LogP contribution is 2.37. The molecule has 0 radical (unpaired) electrons. The summed E-state index contributed by atoms with van der Waals surface area (Å²) < 4.78 is 32.4. The summed E-state index contributed by atoms with van der Waals surface area (Å²) in [6, 6.07) is 11.1. The van der Waals surface area contributed by atoms with Gasteiger partial charge in [-0.2, -0.15) is 5.10 Å². The summed E-state index contributed by atoms with van der Waals surface area (Å²) in [5, 5.41) is 4.96. The Labute approximate surface area is 187 Å². The molecule has 2 aromatic carbocycles. The number of aromatic nitrogens is 3. The summed E-state index contributed by atoms with van der Waals surface area (Å²) in [6.07, 6.45) is 5.47. The van der Waals surface area contributed by atoms with Gasteiger partial charge in [-0.25, -0.2) is 8.42 Å². The van der Waals surface area contributed by atoms with Gasteiger partial charge in [0.15, 0.2) is 0 Å². The Morgan fingerprint density at radius 2 is 1.78 bits per heavy atom. The maximum Gasteiger partial charge on any atom is 0.258 e. The molecular formula is C24H25N3O4S. The zero-order valence-corrected chi connectivity index (χ0v) is 19.3. The highest BCUT2D eigenvalue weighted by Gasteiger charge is 2.17. The first kappa shape index (κ1) is 21.8. The summed E-state index contributed by atoms with van der Waals surface area (Å²) in [5.41, 5.74) is 3.99. The van der Waals surface area contributed by atoms with Crippen LogP contribution in [0.5, 0.6) is 5.75 Å². The molecule has 166 valence electrons. The lowest BCUT2D eigenvalue weighted by molar-refractivity contribution is 0.341. The summed E-state index contributed by atoms with van der Waals surface area (Å²) in [4.78, 5) is 12.9. The second kappa shape index (κ2) is 8.63. The smallest absolute Gasteiger partial charge is 0.258 e. The summed E-state index contributed by atoms with van der Waals surface area (Å²) >= 11 is 0. The third kappa shape index (κ3) is 3.93. The van der Waals surface area contributed by atoms with Gasteiger partial charge in [0.05, 0.1) is 18.1 Å². The third-order valence-electron chi connectivity index (χ3n) is 5.61. The number of ether oxygens (including phenoxy) is 1.